The summed E-state index contributed by atoms with van der Waals surface area (Å²) in [5, 5.41) is 16.3. The number of hydrogen-bond donors (Lipinski definition) is 4. The lowest BCUT2D eigenvalue weighted by molar-refractivity contribution is -0.138. The van der Waals surface area contributed by atoms with Crippen LogP contribution in [0.2, 0.25) is 0 Å². The van der Waals surface area contributed by atoms with Gasteiger partial charge in [0.15, 0.2) is 0 Å². The van der Waals surface area contributed by atoms with Crippen molar-refractivity contribution in [3.05, 3.63) is 16.6 Å². The first kappa shape index (κ1) is 13.4. The van der Waals surface area contributed by atoms with Gasteiger partial charge >= 0.3 is 12.0 Å². The van der Waals surface area contributed by atoms with Gasteiger partial charge in [-0.15, -0.1) is 11.3 Å². The smallest absolute Gasteiger partial charge is 0.320 e. The summed E-state index contributed by atoms with van der Waals surface area (Å²) in [6.45, 7) is 0.575. The van der Waals surface area contributed by atoms with Crippen LogP contribution in [0.4, 0.5) is 4.79 Å². The number of carbonyl (C=O) groups is 2. The maximum Gasteiger partial charge on any atom is 0.320 e. The van der Waals surface area contributed by atoms with Gasteiger partial charge in [0.25, 0.3) is 0 Å². The van der Waals surface area contributed by atoms with Crippen LogP contribution in [0.5, 0.6) is 0 Å². The van der Waals surface area contributed by atoms with Gasteiger partial charge in [-0.05, 0) is 6.42 Å². The van der Waals surface area contributed by atoms with Gasteiger partial charge in [0.05, 0.1) is 6.54 Å². The molecule has 0 unspecified atom stereocenters. The van der Waals surface area contributed by atoms with E-state index in [4.69, 9.17) is 10.8 Å². The number of carbonyl (C=O) groups excluding carboxylic acids is 1. The number of hydrogen-bond acceptors (Lipinski definition) is 5. The molecule has 1 heterocycles. The van der Waals surface area contributed by atoms with Crippen LogP contribution in [-0.2, 0) is 11.3 Å². The second kappa shape index (κ2) is 6.81. The number of nitrogens with one attached hydrogen (secondary N) is 2. The van der Waals surface area contributed by atoms with E-state index in [1.807, 2.05) is 5.38 Å². The molecule has 0 aliphatic carbocycles. The molecule has 0 saturated heterocycles. The van der Waals surface area contributed by atoms with Crippen molar-refractivity contribution in [3.63, 3.8) is 0 Å². The average Bonchev–Trinajstić information content (AvgIpc) is 2.78. The predicted octanol–water partition coefficient (Wildman–Crippen LogP) is -0.256. The highest BCUT2D eigenvalue weighted by molar-refractivity contribution is 7.09. The first-order valence-electron chi connectivity index (χ1n) is 4.98. The summed E-state index contributed by atoms with van der Waals surface area (Å²) in [4.78, 5) is 25.7. The van der Waals surface area contributed by atoms with Crippen LogP contribution in [0.3, 0.4) is 0 Å². The third-order valence-corrected chi connectivity index (χ3v) is 2.72. The average molecular weight is 258 g/mol. The molecule has 1 rings (SSSR count). The second-order valence-corrected chi connectivity index (χ2v) is 4.25. The molecule has 17 heavy (non-hydrogen) atoms. The van der Waals surface area contributed by atoms with Gasteiger partial charge in [0.2, 0.25) is 0 Å². The van der Waals surface area contributed by atoms with E-state index < -0.39 is 12.0 Å². The molecular weight excluding hydrogens is 244 g/mol. The first-order valence-corrected chi connectivity index (χ1v) is 5.86. The van der Waals surface area contributed by atoms with E-state index >= 15 is 0 Å². The van der Waals surface area contributed by atoms with E-state index in [9.17, 15) is 9.59 Å². The zero-order valence-electron chi connectivity index (χ0n) is 9.05. The van der Waals surface area contributed by atoms with Gasteiger partial charge in [0.1, 0.15) is 11.0 Å². The minimum absolute atomic E-state index is 0.194. The van der Waals surface area contributed by atoms with Gasteiger partial charge in [-0.3, -0.25) is 4.79 Å². The molecule has 0 radical (unpaired) electrons. The molecule has 8 heteroatoms. The quantitative estimate of drug-likeness (QED) is 0.561. The number of aliphatic carboxylic acids is 1. The summed E-state index contributed by atoms with van der Waals surface area (Å²) in [7, 11) is 0. The highest BCUT2D eigenvalue weighted by Gasteiger charge is 2.11. The summed E-state index contributed by atoms with van der Waals surface area (Å²) < 4.78 is 0. The number of urea groups is 1. The van der Waals surface area contributed by atoms with Gasteiger partial charge in [-0.2, -0.15) is 0 Å². The number of nitrogens with two attached hydrogens (primary N) is 1. The molecule has 1 aromatic heterocycles. The highest BCUT2D eigenvalue weighted by Crippen LogP contribution is 2.02. The minimum Gasteiger partial charge on any atom is -0.480 e. The van der Waals surface area contributed by atoms with Crippen molar-refractivity contribution in [3.8, 4) is 0 Å². The molecule has 0 aromatic carbocycles. The third kappa shape index (κ3) is 5.27. The summed E-state index contributed by atoms with van der Waals surface area (Å²) in [6, 6.07) is -1.31. The van der Waals surface area contributed by atoms with Crippen LogP contribution >= 0.6 is 11.3 Å². The minimum atomic E-state index is -1.07. The molecule has 7 nitrogen and oxygen atoms in total. The molecule has 5 N–H and O–H groups in total. The molecule has 94 valence electrons. The molecule has 2 amide bonds. The number of thiazole rings is 1. The summed E-state index contributed by atoms with van der Waals surface area (Å²) in [6.07, 6.45) is 1.85. The maximum atomic E-state index is 11.3. The van der Waals surface area contributed by atoms with E-state index in [2.05, 4.69) is 15.6 Å². The molecule has 1 aromatic rings. The standard InChI is InChI=1S/C9H14N4O3S/c10-6(8(14)15)1-2-12-9(16)13-5-7-11-3-4-17-7/h3-4,6H,1-2,5,10H2,(H,14,15)(H2,12,13,16)/t6-/m0/s1. The Balaban J connectivity index is 2.11. The van der Waals surface area contributed by atoms with Crippen molar-refractivity contribution in [2.45, 2.75) is 19.0 Å². The molecule has 0 aliphatic rings. The van der Waals surface area contributed by atoms with Crippen LogP contribution in [0.1, 0.15) is 11.4 Å². The van der Waals surface area contributed by atoms with Crippen LogP contribution < -0.4 is 16.4 Å². The van der Waals surface area contributed by atoms with Gasteiger partial charge in [-0.1, -0.05) is 0 Å². The Bertz CT molecular complexity index is 368. The van der Waals surface area contributed by atoms with E-state index in [-0.39, 0.29) is 19.0 Å². The maximum absolute atomic E-state index is 11.3. The normalized spacial score (nSPS) is 11.8. The van der Waals surface area contributed by atoms with Crippen LogP contribution in [0, 0.1) is 0 Å². The summed E-state index contributed by atoms with van der Waals surface area (Å²) in [5.41, 5.74) is 5.27. The lowest BCUT2D eigenvalue weighted by Crippen LogP contribution is -2.39. The van der Waals surface area contributed by atoms with Crippen molar-refractivity contribution in [2.24, 2.45) is 5.73 Å². The topological polar surface area (TPSA) is 117 Å². The van der Waals surface area contributed by atoms with Crippen molar-refractivity contribution in [1.82, 2.24) is 15.6 Å². The predicted molar refractivity (Wildman–Crippen MR) is 62.6 cm³/mol. The first-order chi connectivity index (χ1) is 8.09. The number of aromatic nitrogens is 1. The largest absolute Gasteiger partial charge is 0.480 e. The number of nitrogens with zero attached hydrogens (tertiary/aromatic N) is 1. The number of carboxylic acids is 1. The molecule has 0 spiro atoms. The van der Waals surface area contributed by atoms with Gasteiger partial charge < -0.3 is 21.5 Å². The molecule has 0 bridgehead atoms. The Labute approximate surface area is 102 Å². The fraction of sp³-hybridized carbons (Fsp3) is 0.444. The molecule has 0 aliphatic heterocycles. The number of rotatable bonds is 6. The Morgan fingerprint density at radius 2 is 2.29 bits per heavy atom. The van der Waals surface area contributed by atoms with Crippen LogP contribution in [0.15, 0.2) is 11.6 Å². The SMILES string of the molecule is N[C@@H](CCNC(=O)NCc1nccs1)C(=O)O. The molecule has 0 fully saturated rings. The molecular formula is C9H14N4O3S. The van der Waals surface area contributed by atoms with Gasteiger partial charge in [0, 0.05) is 18.1 Å². The third-order valence-electron chi connectivity index (χ3n) is 1.94. The van der Waals surface area contributed by atoms with Crippen molar-refractivity contribution >= 4 is 23.3 Å². The van der Waals surface area contributed by atoms with Crippen molar-refractivity contribution < 1.29 is 14.7 Å². The number of amides is 2. The van der Waals surface area contributed by atoms with Crippen LogP contribution in [-0.4, -0.2) is 34.7 Å². The Hall–Kier alpha value is -1.67. The summed E-state index contributed by atoms with van der Waals surface area (Å²) in [5.74, 6) is -1.07. The Kier molecular flexibility index (Phi) is 5.37. The fourth-order valence-electron chi connectivity index (χ4n) is 1.02. The zero-order chi connectivity index (χ0) is 12.7. The zero-order valence-corrected chi connectivity index (χ0v) is 9.87. The monoisotopic (exact) mass is 258 g/mol. The van der Waals surface area contributed by atoms with Gasteiger partial charge in [-0.25, -0.2) is 9.78 Å². The van der Waals surface area contributed by atoms with E-state index in [1.54, 1.807) is 6.20 Å². The van der Waals surface area contributed by atoms with Crippen LogP contribution in [0.25, 0.3) is 0 Å². The highest BCUT2D eigenvalue weighted by atomic mass is 32.1. The van der Waals surface area contributed by atoms with Crippen molar-refractivity contribution in [2.75, 3.05) is 6.54 Å². The lowest BCUT2D eigenvalue weighted by Gasteiger charge is -2.08. The Morgan fingerprint density at radius 3 is 2.88 bits per heavy atom. The lowest BCUT2D eigenvalue weighted by atomic mass is 10.2. The molecule has 1 atom stereocenters. The molecule has 0 saturated carbocycles. The van der Waals surface area contributed by atoms with E-state index in [1.165, 1.54) is 11.3 Å². The fourth-order valence-corrected chi connectivity index (χ4v) is 1.58. The van der Waals surface area contributed by atoms with Crippen molar-refractivity contribution in [1.29, 1.82) is 0 Å². The van der Waals surface area contributed by atoms with E-state index in [0.717, 1.165) is 5.01 Å². The number of carboxylic acid groups (broad SMARTS) is 1. The second-order valence-electron chi connectivity index (χ2n) is 3.27. The Morgan fingerprint density at radius 1 is 1.53 bits per heavy atom. The summed E-state index contributed by atoms with van der Waals surface area (Å²) >= 11 is 1.45. The van der Waals surface area contributed by atoms with E-state index in [0.29, 0.717) is 6.54 Å².